The van der Waals surface area contributed by atoms with Gasteiger partial charge >= 0.3 is 0 Å². The van der Waals surface area contributed by atoms with Gasteiger partial charge < -0.3 is 5.32 Å². The van der Waals surface area contributed by atoms with Gasteiger partial charge in [-0.05, 0) is 18.3 Å². The van der Waals surface area contributed by atoms with Gasteiger partial charge in [0, 0.05) is 18.3 Å². The Hall–Kier alpha value is -0.180. The van der Waals surface area contributed by atoms with Crippen molar-refractivity contribution in [2.45, 2.75) is 40.2 Å². The molecule has 0 aliphatic carbocycles. The number of hydrogen-bond donors (Lipinski definition) is 1. The second-order valence-corrected chi connectivity index (χ2v) is 5.47. The molecule has 0 saturated carbocycles. The molecular formula is C11H22N2S. The van der Waals surface area contributed by atoms with Gasteiger partial charge in [-0.25, -0.2) is 0 Å². The average molecular weight is 214 g/mol. The molecule has 0 fully saturated rings. The Bertz CT molecular complexity index is 201. The van der Waals surface area contributed by atoms with E-state index in [1.807, 2.05) is 11.8 Å². The first-order valence-corrected chi connectivity index (χ1v) is 6.55. The zero-order valence-electron chi connectivity index (χ0n) is 9.71. The third kappa shape index (κ3) is 3.52. The smallest absolute Gasteiger partial charge is 0.156 e. The molecule has 0 aromatic heterocycles. The highest BCUT2D eigenvalue weighted by atomic mass is 32.2. The minimum atomic E-state index is 0.578. The van der Waals surface area contributed by atoms with Gasteiger partial charge in [0.05, 0.1) is 0 Å². The number of nitrogens with zero attached hydrogens (tertiary/aromatic N) is 1. The summed E-state index contributed by atoms with van der Waals surface area (Å²) in [7, 11) is 0. The van der Waals surface area contributed by atoms with Crippen molar-refractivity contribution in [2.24, 2.45) is 16.8 Å². The maximum Gasteiger partial charge on any atom is 0.156 e. The van der Waals surface area contributed by atoms with Crippen LogP contribution in [-0.2, 0) is 0 Å². The van der Waals surface area contributed by atoms with Crippen LogP contribution in [0.25, 0.3) is 0 Å². The molecule has 1 rings (SSSR count). The molecule has 0 spiro atoms. The van der Waals surface area contributed by atoms with Crippen molar-refractivity contribution < 1.29 is 0 Å². The van der Waals surface area contributed by atoms with Crippen molar-refractivity contribution in [1.82, 2.24) is 5.32 Å². The number of amidine groups is 1. The summed E-state index contributed by atoms with van der Waals surface area (Å²) >= 11 is 1.87. The number of rotatable bonds is 3. The maximum atomic E-state index is 4.55. The van der Waals surface area contributed by atoms with Crippen LogP contribution >= 0.6 is 11.8 Å². The Kier molecular flexibility index (Phi) is 4.79. The summed E-state index contributed by atoms with van der Waals surface area (Å²) in [4.78, 5) is 4.55. The second kappa shape index (κ2) is 5.64. The fourth-order valence-electron chi connectivity index (χ4n) is 1.54. The number of aliphatic imine (C=N–C) groups is 1. The van der Waals surface area contributed by atoms with Crippen molar-refractivity contribution in [1.29, 1.82) is 0 Å². The van der Waals surface area contributed by atoms with Crippen molar-refractivity contribution in [3.05, 3.63) is 0 Å². The summed E-state index contributed by atoms with van der Waals surface area (Å²) in [5, 5.41) is 4.69. The molecule has 3 heteroatoms. The fraction of sp³-hybridized carbons (Fsp3) is 0.909. The van der Waals surface area contributed by atoms with Gasteiger partial charge in [0.15, 0.2) is 5.17 Å². The highest BCUT2D eigenvalue weighted by Crippen LogP contribution is 2.17. The lowest BCUT2D eigenvalue weighted by Gasteiger charge is -2.25. The Labute approximate surface area is 92.0 Å². The molecule has 0 aromatic carbocycles. The van der Waals surface area contributed by atoms with E-state index in [-0.39, 0.29) is 0 Å². The van der Waals surface area contributed by atoms with Gasteiger partial charge in [-0.1, -0.05) is 39.5 Å². The zero-order valence-corrected chi connectivity index (χ0v) is 10.5. The van der Waals surface area contributed by atoms with Crippen LogP contribution in [0.3, 0.4) is 0 Å². The summed E-state index contributed by atoms with van der Waals surface area (Å²) in [6.45, 7) is 10.0. The van der Waals surface area contributed by atoms with Crippen molar-refractivity contribution in [3.8, 4) is 0 Å². The van der Waals surface area contributed by atoms with E-state index in [0.717, 1.165) is 17.6 Å². The molecule has 1 aliphatic heterocycles. The van der Waals surface area contributed by atoms with Crippen LogP contribution < -0.4 is 5.32 Å². The third-order valence-corrected chi connectivity index (χ3v) is 3.86. The maximum absolute atomic E-state index is 4.55. The lowest BCUT2D eigenvalue weighted by molar-refractivity contribution is 0.443. The molecule has 82 valence electrons. The topological polar surface area (TPSA) is 24.4 Å². The Balaban J connectivity index is 2.43. The van der Waals surface area contributed by atoms with Crippen LogP contribution in [0, 0.1) is 11.8 Å². The first kappa shape index (κ1) is 11.9. The van der Waals surface area contributed by atoms with Crippen molar-refractivity contribution in [3.63, 3.8) is 0 Å². The zero-order chi connectivity index (χ0) is 10.6. The van der Waals surface area contributed by atoms with Gasteiger partial charge in [-0.3, -0.25) is 4.99 Å². The molecule has 1 N–H and O–H groups in total. The van der Waals surface area contributed by atoms with Gasteiger partial charge in [-0.2, -0.15) is 0 Å². The van der Waals surface area contributed by atoms with E-state index >= 15 is 0 Å². The van der Waals surface area contributed by atoms with E-state index in [1.54, 1.807) is 0 Å². The molecular weight excluding hydrogens is 192 g/mol. The molecule has 1 aliphatic rings. The SMILES string of the molecule is CCC(NC1=NCC(C)CS1)C(C)C. The number of hydrogen-bond acceptors (Lipinski definition) is 3. The lowest BCUT2D eigenvalue weighted by atomic mass is 10.0. The molecule has 0 amide bonds. The van der Waals surface area contributed by atoms with E-state index < -0.39 is 0 Å². The van der Waals surface area contributed by atoms with E-state index in [9.17, 15) is 0 Å². The molecule has 2 nitrogen and oxygen atoms in total. The van der Waals surface area contributed by atoms with Crippen molar-refractivity contribution in [2.75, 3.05) is 12.3 Å². The summed E-state index contributed by atoms with van der Waals surface area (Å²) < 4.78 is 0. The Morgan fingerprint density at radius 1 is 1.57 bits per heavy atom. The average Bonchev–Trinajstić information content (AvgIpc) is 2.16. The van der Waals surface area contributed by atoms with Gasteiger partial charge in [0.1, 0.15) is 0 Å². The van der Waals surface area contributed by atoms with Gasteiger partial charge in [0.2, 0.25) is 0 Å². The monoisotopic (exact) mass is 214 g/mol. The summed E-state index contributed by atoms with van der Waals surface area (Å²) in [5.74, 6) is 2.63. The van der Waals surface area contributed by atoms with E-state index in [0.29, 0.717) is 12.0 Å². The normalized spacial score (nSPS) is 24.6. The quantitative estimate of drug-likeness (QED) is 0.781. The standard InChI is InChI=1S/C11H22N2S/c1-5-10(8(2)3)13-11-12-6-9(4)7-14-11/h8-10H,5-7H2,1-4H3,(H,12,13). The molecule has 0 radical (unpaired) electrons. The Morgan fingerprint density at radius 3 is 2.71 bits per heavy atom. The van der Waals surface area contributed by atoms with E-state index in [1.165, 1.54) is 12.2 Å². The highest BCUT2D eigenvalue weighted by Gasteiger charge is 2.16. The largest absolute Gasteiger partial charge is 0.362 e. The summed E-state index contributed by atoms with van der Waals surface area (Å²) in [6, 6.07) is 0.578. The molecule has 14 heavy (non-hydrogen) atoms. The second-order valence-electron chi connectivity index (χ2n) is 4.47. The van der Waals surface area contributed by atoms with E-state index in [4.69, 9.17) is 0 Å². The van der Waals surface area contributed by atoms with Crippen LogP contribution in [0.15, 0.2) is 4.99 Å². The minimum Gasteiger partial charge on any atom is -0.362 e. The van der Waals surface area contributed by atoms with Crippen LogP contribution in [0.2, 0.25) is 0 Å². The Morgan fingerprint density at radius 2 is 2.29 bits per heavy atom. The predicted octanol–water partition coefficient (Wildman–Crippen LogP) is 2.75. The lowest BCUT2D eigenvalue weighted by Crippen LogP contribution is -2.38. The van der Waals surface area contributed by atoms with Crippen LogP contribution in [0.4, 0.5) is 0 Å². The minimum absolute atomic E-state index is 0.578. The first-order valence-electron chi connectivity index (χ1n) is 5.57. The molecule has 0 bridgehead atoms. The van der Waals surface area contributed by atoms with Crippen LogP contribution in [-0.4, -0.2) is 23.5 Å². The molecule has 2 atom stereocenters. The fourth-order valence-corrected chi connectivity index (χ4v) is 2.49. The highest BCUT2D eigenvalue weighted by molar-refractivity contribution is 8.13. The van der Waals surface area contributed by atoms with Crippen molar-refractivity contribution >= 4 is 16.9 Å². The van der Waals surface area contributed by atoms with Gasteiger partial charge in [0.25, 0.3) is 0 Å². The molecule has 0 aromatic rings. The number of nitrogens with one attached hydrogen (secondary N) is 1. The predicted molar refractivity (Wildman–Crippen MR) is 66.0 cm³/mol. The summed E-state index contributed by atoms with van der Waals surface area (Å²) in [6.07, 6.45) is 1.17. The number of thioether (sulfide) groups is 1. The first-order chi connectivity index (χ1) is 6.63. The van der Waals surface area contributed by atoms with Crippen LogP contribution in [0.5, 0.6) is 0 Å². The third-order valence-electron chi connectivity index (χ3n) is 2.60. The van der Waals surface area contributed by atoms with Gasteiger partial charge in [-0.15, -0.1) is 0 Å². The van der Waals surface area contributed by atoms with E-state index in [2.05, 4.69) is 38.0 Å². The molecule has 0 saturated heterocycles. The van der Waals surface area contributed by atoms with Crippen LogP contribution in [0.1, 0.15) is 34.1 Å². The molecule has 1 heterocycles. The summed E-state index contributed by atoms with van der Waals surface area (Å²) in [5.41, 5.74) is 0. The molecule has 2 unspecified atom stereocenters.